The van der Waals surface area contributed by atoms with Crippen LogP contribution >= 0.6 is 11.5 Å². The molecule has 0 fully saturated rings. The van der Waals surface area contributed by atoms with E-state index in [1.54, 1.807) is 33.3 Å². The van der Waals surface area contributed by atoms with Crippen molar-refractivity contribution in [2.75, 3.05) is 26.6 Å². The molecule has 1 heterocycles. The largest absolute Gasteiger partial charge is 0.493 e. The number of aromatic nitrogens is 1. The van der Waals surface area contributed by atoms with E-state index in [2.05, 4.69) is 4.37 Å². The minimum absolute atomic E-state index is 0.294. The molecule has 0 aliphatic rings. The van der Waals surface area contributed by atoms with Gasteiger partial charge in [0, 0.05) is 5.56 Å². The highest BCUT2D eigenvalue weighted by Crippen LogP contribution is 2.36. The topological polar surface area (TPSA) is 83.7 Å². The number of nitrogens with zero attached hydrogens (tertiary/aromatic N) is 1. The molecule has 0 spiro atoms. The van der Waals surface area contributed by atoms with Crippen molar-refractivity contribution in [3.63, 3.8) is 0 Å². The fourth-order valence-electron chi connectivity index (χ4n) is 1.83. The molecule has 0 amide bonds. The Morgan fingerprint density at radius 1 is 1.29 bits per heavy atom. The van der Waals surface area contributed by atoms with E-state index in [1.165, 1.54) is 0 Å². The van der Waals surface area contributed by atoms with Gasteiger partial charge >= 0.3 is 5.97 Å². The van der Waals surface area contributed by atoms with Gasteiger partial charge in [0.1, 0.15) is 5.69 Å². The molecular weight excluding hydrogens is 292 g/mol. The number of hydrogen-bond acceptors (Lipinski definition) is 7. The van der Waals surface area contributed by atoms with Gasteiger partial charge in [-0.1, -0.05) is 0 Å². The summed E-state index contributed by atoms with van der Waals surface area (Å²) in [6, 6.07) is 5.33. The molecule has 1 aromatic carbocycles. The van der Waals surface area contributed by atoms with Crippen LogP contribution in [-0.2, 0) is 4.74 Å². The molecule has 2 aromatic rings. The van der Waals surface area contributed by atoms with E-state index in [0.717, 1.165) is 17.1 Å². The van der Waals surface area contributed by atoms with Crippen molar-refractivity contribution in [3.05, 3.63) is 23.1 Å². The monoisotopic (exact) mass is 308 g/mol. The van der Waals surface area contributed by atoms with Crippen molar-refractivity contribution in [3.8, 4) is 22.8 Å². The van der Waals surface area contributed by atoms with E-state index < -0.39 is 5.97 Å². The van der Waals surface area contributed by atoms with Crippen molar-refractivity contribution in [1.29, 1.82) is 0 Å². The smallest absolute Gasteiger partial charge is 0.352 e. The fourth-order valence-corrected chi connectivity index (χ4v) is 2.55. The number of esters is 1. The average molecular weight is 308 g/mol. The summed E-state index contributed by atoms with van der Waals surface area (Å²) in [5, 5.41) is 0. The van der Waals surface area contributed by atoms with Gasteiger partial charge in [-0.3, -0.25) is 0 Å². The van der Waals surface area contributed by atoms with Crippen LogP contribution in [0.2, 0.25) is 0 Å². The zero-order valence-corrected chi connectivity index (χ0v) is 12.8. The molecule has 7 heteroatoms. The van der Waals surface area contributed by atoms with Crippen LogP contribution in [0.1, 0.15) is 16.6 Å². The lowest BCUT2D eigenvalue weighted by molar-refractivity contribution is 0.0533. The van der Waals surface area contributed by atoms with E-state index >= 15 is 0 Å². The van der Waals surface area contributed by atoms with Crippen LogP contribution in [0.15, 0.2) is 18.2 Å². The summed E-state index contributed by atoms with van der Waals surface area (Å²) in [7, 11) is 3.11. The standard InChI is InChI=1S/C14H16N2O4S/c1-4-20-14(17)13-11(15)12(16-21-13)8-5-6-9(18-2)10(7-8)19-3/h5-7H,4,15H2,1-3H3. The molecular formula is C14H16N2O4S. The van der Waals surface area contributed by atoms with Crippen molar-refractivity contribution < 1.29 is 19.0 Å². The Morgan fingerprint density at radius 2 is 2.00 bits per heavy atom. The molecule has 1 aromatic heterocycles. The number of benzene rings is 1. The van der Waals surface area contributed by atoms with E-state index in [0.29, 0.717) is 34.4 Å². The maximum absolute atomic E-state index is 11.8. The number of carbonyl (C=O) groups is 1. The molecule has 0 radical (unpaired) electrons. The van der Waals surface area contributed by atoms with Crippen molar-refractivity contribution in [1.82, 2.24) is 4.37 Å². The third-order valence-corrected chi connectivity index (χ3v) is 3.69. The first kappa shape index (κ1) is 15.1. The average Bonchev–Trinajstić information content (AvgIpc) is 2.88. The summed E-state index contributed by atoms with van der Waals surface area (Å²) < 4.78 is 19.6. The van der Waals surface area contributed by atoms with E-state index in [4.69, 9.17) is 19.9 Å². The number of hydrogen-bond donors (Lipinski definition) is 1. The van der Waals surface area contributed by atoms with Gasteiger partial charge in [-0.15, -0.1) is 0 Å². The molecule has 21 heavy (non-hydrogen) atoms. The minimum atomic E-state index is -0.459. The quantitative estimate of drug-likeness (QED) is 0.855. The Hall–Kier alpha value is -2.28. The minimum Gasteiger partial charge on any atom is -0.493 e. The molecule has 2 N–H and O–H groups in total. The first-order valence-corrected chi connectivity index (χ1v) is 7.04. The Labute approximate surface area is 126 Å². The van der Waals surface area contributed by atoms with Crippen molar-refractivity contribution in [2.45, 2.75) is 6.92 Å². The van der Waals surface area contributed by atoms with Gasteiger partial charge in [0.2, 0.25) is 0 Å². The second-order valence-corrected chi connectivity index (χ2v) is 4.84. The van der Waals surface area contributed by atoms with Gasteiger partial charge < -0.3 is 19.9 Å². The Bertz CT molecular complexity index is 654. The first-order valence-electron chi connectivity index (χ1n) is 6.27. The molecule has 0 unspecified atom stereocenters. The Kier molecular flexibility index (Phi) is 4.64. The maximum Gasteiger partial charge on any atom is 0.352 e. The zero-order chi connectivity index (χ0) is 15.4. The third kappa shape index (κ3) is 2.92. The van der Waals surface area contributed by atoms with Gasteiger partial charge in [0.25, 0.3) is 0 Å². The summed E-state index contributed by atoms with van der Waals surface area (Å²) >= 11 is 1.02. The van der Waals surface area contributed by atoms with Crippen LogP contribution in [0.3, 0.4) is 0 Å². The number of carbonyl (C=O) groups excluding carboxylic acids is 1. The van der Waals surface area contributed by atoms with Gasteiger partial charge in [0.05, 0.1) is 26.5 Å². The summed E-state index contributed by atoms with van der Waals surface area (Å²) in [4.78, 5) is 12.1. The van der Waals surface area contributed by atoms with Crippen LogP contribution in [0.5, 0.6) is 11.5 Å². The first-order chi connectivity index (χ1) is 10.1. The number of rotatable bonds is 5. The molecule has 112 valence electrons. The highest BCUT2D eigenvalue weighted by Gasteiger charge is 2.20. The van der Waals surface area contributed by atoms with Gasteiger partial charge in [0.15, 0.2) is 16.4 Å². The molecule has 0 saturated carbocycles. The summed E-state index contributed by atoms with van der Waals surface area (Å²) in [6.07, 6.45) is 0. The van der Waals surface area contributed by atoms with Crippen LogP contribution < -0.4 is 15.2 Å². The van der Waals surface area contributed by atoms with Crippen molar-refractivity contribution in [2.24, 2.45) is 0 Å². The zero-order valence-electron chi connectivity index (χ0n) is 12.0. The number of nitrogens with two attached hydrogens (primary N) is 1. The fraction of sp³-hybridized carbons (Fsp3) is 0.286. The second-order valence-electron chi connectivity index (χ2n) is 4.06. The molecule has 2 rings (SSSR count). The third-order valence-electron chi connectivity index (χ3n) is 2.85. The number of anilines is 1. The maximum atomic E-state index is 11.8. The van der Waals surface area contributed by atoms with Gasteiger partial charge in [-0.05, 0) is 36.7 Å². The SMILES string of the molecule is CCOC(=O)c1snc(-c2ccc(OC)c(OC)c2)c1N. The number of methoxy groups -OCH3 is 2. The molecule has 0 bridgehead atoms. The molecule has 0 atom stereocenters. The lowest BCUT2D eigenvalue weighted by Crippen LogP contribution is -2.05. The summed E-state index contributed by atoms with van der Waals surface area (Å²) in [5.74, 6) is 0.722. The van der Waals surface area contributed by atoms with Crippen LogP contribution in [0, 0.1) is 0 Å². The molecule has 0 aliphatic heterocycles. The van der Waals surface area contributed by atoms with Crippen LogP contribution in [0.4, 0.5) is 5.69 Å². The van der Waals surface area contributed by atoms with E-state index in [9.17, 15) is 4.79 Å². The van der Waals surface area contributed by atoms with Crippen LogP contribution in [0.25, 0.3) is 11.3 Å². The van der Waals surface area contributed by atoms with E-state index in [-0.39, 0.29) is 0 Å². The predicted octanol–water partition coefficient (Wildman–Crippen LogP) is 2.59. The van der Waals surface area contributed by atoms with Gasteiger partial charge in [-0.2, -0.15) is 4.37 Å². The second kappa shape index (κ2) is 6.45. The predicted molar refractivity (Wildman–Crippen MR) is 81.0 cm³/mol. The molecule has 0 saturated heterocycles. The summed E-state index contributed by atoms with van der Waals surface area (Å²) in [6.45, 7) is 2.03. The number of nitrogen functional groups attached to an aromatic ring is 1. The normalized spacial score (nSPS) is 10.2. The highest BCUT2D eigenvalue weighted by molar-refractivity contribution is 7.09. The van der Waals surface area contributed by atoms with E-state index in [1.807, 2.05) is 6.07 Å². The summed E-state index contributed by atoms with van der Waals surface area (Å²) in [5.41, 5.74) is 7.59. The highest BCUT2D eigenvalue weighted by atomic mass is 32.1. The molecule has 0 aliphatic carbocycles. The van der Waals surface area contributed by atoms with Gasteiger partial charge in [-0.25, -0.2) is 4.79 Å². The van der Waals surface area contributed by atoms with Crippen LogP contribution in [-0.4, -0.2) is 31.2 Å². The Balaban J connectivity index is 2.41. The number of ether oxygens (including phenoxy) is 3. The lowest BCUT2D eigenvalue weighted by Gasteiger charge is -2.08. The Morgan fingerprint density at radius 3 is 2.62 bits per heavy atom. The lowest BCUT2D eigenvalue weighted by atomic mass is 10.1. The van der Waals surface area contributed by atoms with Crippen molar-refractivity contribution >= 4 is 23.2 Å². The molecule has 6 nitrogen and oxygen atoms in total.